The summed E-state index contributed by atoms with van der Waals surface area (Å²) in [4.78, 5) is 20.6. The van der Waals surface area contributed by atoms with Crippen molar-refractivity contribution in [3.05, 3.63) is 130 Å². The van der Waals surface area contributed by atoms with Gasteiger partial charge in [0.15, 0.2) is 5.82 Å². The average molecular weight is 576 g/mol. The van der Waals surface area contributed by atoms with Crippen molar-refractivity contribution in [1.29, 1.82) is 0 Å². The predicted molar refractivity (Wildman–Crippen MR) is 169 cm³/mol. The first kappa shape index (κ1) is 27.1. The summed E-state index contributed by atoms with van der Waals surface area (Å²) in [6.45, 7) is 2.01. The molecule has 0 saturated carbocycles. The Balaban J connectivity index is 1.39. The van der Waals surface area contributed by atoms with Gasteiger partial charge in [0.2, 0.25) is 5.91 Å². The lowest BCUT2D eigenvalue weighted by atomic mass is 9.93. The number of primary amides is 1. The minimum absolute atomic E-state index is 0.257. The first-order chi connectivity index (χ1) is 20.4. The largest absolute Gasteiger partial charge is 0.382 e. The van der Waals surface area contributed by atoms with Crippen LogP contribution in [0.3, 0.4) is 0 Å². The third-order valence-corrected chi connectivity index (χ3v) is 7.85. The number of nitrogen functional groups attached to an aromatic ring is 1. The lowest BCUT2D eigenvalue weighted by Crippen LogP contribution is -2.19. The molecule has 9 heteroatoms. The van der Waals surface area contributed by atoms with Crippen LogP contribution in [0, 0.1) is 6.92 Å². The zero-order valence-electron chi connectivity index (χ0n) is 23.0. The number of rotatable bonds is 9. The highest BCUT2D eigenvalue weighted by atomic mass is 35.5. The second-order valence-corrected chi connectivity index (χ2v) is 10.7. The summed E-state index contributed by atoms with van der Waals surface area (Å²) in [6.07, 6.45) is 1.23. The molecular weight excluding hydrogens is 546 g/mol. The molecule has 0 saturated heterocycles. The number of carbonyl (C=O) groups is 1. The predicted octanol–water partition coefficient (Wildman–Crippen LogP) is 6.58. The Labute approximate surface area is 248 Å². The van der Waals surface area contributed by atoms with Crippen LogP contribution in [0.15, 0.2) is 91.0 Å². The maximum absolute atomic E-state index is 12.4. The molecule has 2 heterocycles. The van der Waals surface area contributed by atoms with E-state index < -0.39 is 5.91 Å². The highest BCUT2D eigenvalue weighted by molar-refractivity contribution is 6.32. The molecule has 0 fully saturated rings. The number of halogens is 1. The maximum atomic E-state index is 12.4. The van der Waals surface area contributed by atoms with E-state index in [1.165, 1.54) is 0 Å². The number of hydrogen-bond donors (Lipinski definition) is 5. The lowest BCUT2D eigenvalue weighted by molar-refractivity contribution is 0.0999. The fourth-order valence-corrected chi connectivity index (χ4v) is 5.59. The van der Waals surface area contributed by atoms with Crippen LogP contribution in [0.4, 0.5) is 11.5 Å². The quantitative estimate of drug-likeness (QED) is 0.132. The molecule has 0 aliphatic carbocycles. The molecule has 1 atom stereocenters. The van der Waals surface area contributed by atoms with Gasteiger partial charge in [0.05, 0.1) is 11.6 Å². The van der Waals surface area contributed by atoms with E-state index in [4.69, 9.17) is 28.1 Å². The van der Waals surface area contributed by atoms with Gasteiger partial charge in [0.25, 0.3) is 0 Å². The Morgan fingerprint density at radius 1 is 0.976 bits per heavy atom. The van der Waals surface area contributed by atoms with Crippen molar-refractivity contribution < 1.29 is 4.79 Å². The van der Waals surface area contributed by atoms with Gasteiger partial charge in [-0.05, 0) is 66.3 Å². The van der Waals surface area contributed by atoms with Gasteiger partial charge in [0.1, 0.15) is 16.7 Å². The number of anilines is 2. The Hall–Kier alpha value is -5.08. The van der Waals surface area contributed by atoms with Crippen LogP contribution in [0.1, 0.15) is 44.5 Å². The molecule has 8 nitrogen and oxygen atoms in total. The lowest BCUT2D eigenvalue weighted by Gasteiger charge is -2.22. The molecular formula is C33H30ClN7O. The van der Waals surface area contributed by atoms with Crippen LogP contribution in [0.5, 0.6) is 0 Å². The molecule has 0 aliphatic rings. The molecule has 2 aromatic heterocycles. The Kier molecular flexibility index (Phi) is 7.37. The first-order valence-electron chi connectivity index (χ1n) is 13.6. The van der Waals surface area contributed by atoms with E-state index in [2.05, 4.69) is 32.6 Å². The summed E-state index contributed by atoms with van der Waals surface area (Å²) < 4.78 is 0. The van der Waals surface area contributed by atoms with Crippen LogP contribution in [0.2, 0.25) is 5.15 Å². The topological polar surface area (TPSA) is 138 Å². The standard InChI is InChI=1S/C33H30ClN7O/c1-19-25(16-20-8-4-2-5-9-20)23(32(36)42)14-15-26(19)37-28(17-21-10-6-3-7-11-21)33-38-29(30(34)39-33)22-12-13-24-27(18-22)40-41-31(24)35/h2-15,18,28,37H,16-17H2,1H3,(H2,36,42)(H,38,39)(H3,35,40,41)/t28-/m0/s1. The van der Waals surface area contributed by atoms with Gasteiger partial charge < -0.3 is 21.8 Å². The summed E-state index contributed by atoms with van der Waals surface area (Å²) in [7, 11) is 0. The molecule has 0 radical (unpaired) electrons. The van der Waals surface area contributed by atoms with Gasteiger partial charge in [-0.25, -0.2) is 4.98 Å². The Morgan fingerprint density at radius 2 is 1.69 bits per heavy atom. The third kappa shape index (κ3) is 5.44. The first-order valence-corrected chi connectivity index (χ1v) is 14.0. The van der Waals surface area contributed by atoms with Crippen LogP contribution in [0.25, 0.3) is 22.2 Å². The highest BCUT2D eigenvalue weighted by Gasteiger charge is 2.22. The zero-order chi connectivity index (χ0) is 29.2. The van der Waals surface area contributed by atoms with Crippen molar-refractivity contribution in [2.75, 3.05) is 11.1 Å². The van der Waals surface area contributed by atoms with Gasteiger partial charge in [-0.15, -0.1) is 0 Å². The Bertz CT molecular complexity index is 1880. The molecule has 4 aromatic carbocycles. The number of aromatic amines is 2. The minimum atomic E-state index is -0.449. The zero-order valence-corrected chi connectivity index (χ0v) is 23.7. The molecule has 6 aromatic rings. The van der Waals surface area contributed by atoms with E-state index in [9.17, 15) is 4.79 Å². The van der Waals surface area contributed by atoms with E-state index in [0.29, 0.717) is 40.9 Å². The molecule has 210 valence electrons. The van der Waals surface area contributed by atoms with E-state index in [1.54, 1.807) is 6.07 Å². The number of imidazole rings is 1. The van der Waals surface area contributed by atoms with Crippen molar-refractivity contribution in [2.24, 2.45) is 5.73 Å². The fourth-order valence-electron chi connectivity index (χ4n) is 5.34. The van der Waals surface area contributed by atoms with Crippen molar-refractivity contribution in [2.45, 2.75) is 25.8 Å². The third-order valence-electron chi connectivity index (χ3n) is 7.57. The van der Waals surface area contributed by atoms with Crippen LogP contribution >= 0.6 is 11.6 Å². The van der Waals surface area contributed by atoms with Gasteiger partial charge in [-0.1, -0.05) is 78.3 Å². The summed E-state index contributed by atoms with van der Waals surface area (Å²) in [5, 5.41) is 12.0. The Morgan fingerprint density at radius 3 is 2.40 bits per heavy atom. The second-order valence-electron chi connectivity index (χ2n) is 10.3. The van der Waals surface area contributed by atoms with Crippen LogP contribution < -0.4 is 16.8 Å². The van der Waals surface area contributed by atoms with Gasteiger partial charge in [0, 0.05) is 22.2 Å². The smallest absolute Gasteiger partial charge is 0.249 e. The van der Waals surface area contributed by atoms with Crippen molar-refractivity contribution in [1.82, 2.24) is 20.2 Å². The molecule has 0 spiro atoms. The number of carbonyl (C=O) groups excluding carboxylic acids is 1. The molecule has 7 N–H and O–H groups in total. The van der Waals surface area contributed by atoms with Crippen LogP contribution in [-0.4, -0.2) is 26.1 Å². The van der Waals surface area contributed by atoms with E-state index >= 15 is 0 Å². The summed E-state index contributed by atoms with van der Waals surface area (Å²) >= 11 is 6.74. The van der Waals surface area contributed by atoms with Crippen LogP contribution in [-0.2, 0) is 12.8 Å². The van der Waals surface area contributed by atoms with E-state index in [1.807, 2.05) is 79.7 Å². The number of amides is 1. The number of nitrogens with one attached hydrogen (secondary N) is 3. The van der Waals surface area contributed by atoms with Gasteiger partial charge in [-0.2, -0.15) is 5.10 Å². The summed E-state index contributed by atoms with van der Waals surface area (Å²) in [6, 6.07) is 29.5. The van der Waals surface area contributed by atoms with E-state index in [-0.39, 0.29) is 6.04 Å². The van der Waals surface area contributed by atoms with Crippen molar-refractivity contribution in [3.63, 3.8) is 0 Å². The van der Waals surface area contributed by atoms with Gasteiger partial charge >= 0.3 is 0 Å². The molecule has 42 heavy (non-hydrogen) atoms. The normalized spacial score (nSPS) is 12.0. The average Bonchev–Trinajstić information content (AvgIpc) is 3.57. The highest BCUT2D eigenvalue weighted by Crippen LogP contribution is 2.34. The number of aromatic nitrogens is 4. The molecule has 1 amide bonds. The maximum Gasteiger partial charge on any atom is 0.249 e. The van der Waals surface area contributed by atoms with Gasteiger partial charge in [-0.3, -0.25) is 9.89 Å². The monoisotopic (exact) mass is 575 g/mol. The SMILES string of the molecule is Cc1c(N[C@@H](Cc2ccccc2)c2nc(-c3ccc4c(N)n[nH]c4c3)c(Cl)[nH]2)ccc(C(N)=O)c1Cc1ccccc1. The second kappa shape index (κ2) is 11.4. The number of fused-ring (bicyclic) bond motifs is 1. The summed E-state index contributed by atoms with van der Waals surface area (Å²) in [5.74, 6) is 0.683. The number of nitrogens with zero attached hydrogens (tertiary/aromatic N) is 2. The minimum Gasteiger partial charge on any atom is -0.382 e. The number of nitrogens with two attached hydrogens (primary N) is 2. The van der Waals surface area contributed by atoms with Crippen molar-refractivity contribution in [3.8, 4) is 11.3 Å². The molecule has 0 unspecified atom stereocenters. The number of hydrogen-bond acceptors (Lipinski definition) is 5. The summed E-state index contributed by atoms with van der Waals surface area (Å²) in [5.41, 5.74) is 19.5. The fraction of sp³-hybridized carbons (Fsp3) is 0.121. The number of H-pyrrole nitrogens is 2. The molecule has 0 aliphatic heterocycles. The molecule has 6 rings (SSSR count). The van der Waals surface area contributed by atoms with E-state index in [0.717, 1.165) is 44.4 Å². The van der Waals surface area contributed by atoms with Crippen molar-refractivity contribution >= 4 is 39.9 Å². The number of benzene rings is 4. The molecule has 0 bridgehead atoms.